The summed E-state index contributed by atoms with van der Waals surface area (Å²) >= 11 is 1.31. The molecule has 0 saturated carbocycles. The van der Waals surface area contributed by atoms with Crippen molar-refractivity contribution < 1.29 is 27.5 Å². The standard InChI is InChI=1S/C30H32N4O6S2/c1-20(35)33-14-12-24-26(19-33)41-29(27(24)30(37)32-15-17-40-18-16-32)31-28(36)22-8-10-23(11-9-22)42(38,39)34-13-4-6-21-5-2-3-7-25(21)34/h2-3,5,7-11H,4,6,12-19H2,1H3,(H,31,36). The molecule has 3 amide bonds. The summed E-state index contributed by atoms with van der Waals surface area (Å²) in [6.07, 6.45) is 2.09. The Morgan fingerprint density at radius 3 is 2.38 bits per heavy atom. The van der Waals surface area contributed by atoms with Crippen molar-refractivity contribution in [2.24, 2.45) is 0 Å². The fraction of sp³-hybridized carbons (Fsp3) is 0.367. The molecule has 0 radical (unpaired) electrons. The smallest absolute Gasteiger partial charge is 0.264 e. The highest BCUT2D eigenvalue weighted by atomic mass is 32.2. The van der Waals surface area contributed by atoms with Gasteiger partial charge in [-0.15, -0.1) is 11.3 Å². The molecule has 12 heteroatoms. The molecule has 1 fully saturated rings. The Kier molecular flexibility index (Phi) is 7.77. The summed E-state index contributed by atoms with van der Waals surface area (Å²) in [7, 11) is -3.81. The predicted octanol–water partition coefficient (Wildman–Crippen LogP) is 3.52. The Bertz CT molecular complexity index is 1640. The molecule has 3 aliphatic heterocycles. The van der Waals surface area contributed by atoms with Crippen molar-refractivity contribution in [3.8, 4) is 0 Å². The minimum absolute atomic E-state index is 0.0382. The largest absolute Gasteiger partial charge is 0.378 e. The summed E-state index contributed by atoms with van der Waals surface area (Å²) in [5.41, 5.74) is 3.29. The van der Waals surface area contributed by atoms with Crippen LogP contribution in [0, 0.1) is 0 Å². The molecule has 0 spiro atoms. The van der Waals surface area contributed by atoms with Crippen LogP contribution in [0.5, 0.6) is 0 Å². The van der Waals surface area contributed by atoms with E-state index in [2.05, 4.69) is 5.32 Å². The van der Waals surface area contributed by atoms with Gasteiger partial charge in [0.1, 0.15) is 5.00 Å². The first kappa shape index (κ1) is 28.4. The molecule has 42 heavy (non-hydrogen) atoms. The number of hydrogen-bond donors (Lipinski definition) is 1. The third kappa shape index (κ3) is 5.30. The summed E-state index contributed by atoms with van der Waals surface area (Å²) in [4.78, 5) is 43.5. The van der Waals surface area contributed by atoms with Gasteiger partial charge < -0.3 is 19.9 Å². The molecule has 0 atom stereocenters. The molecule has 3 aliphatic rings. The van der Waals surface area contributed by atoms with Gasteiger partial charge in [-0.05, 0) is 60.7 Å². The number of morpholine rings is 1. The number of sulfonamides is 1. The van der Waals surface area contributed by atoms with Crippen LogP contribution in [-0.4, -0.2) is 75.3 Å². The van der Waals surface area contributed by atoms with Crippen molar-refractivity contribution in [3.63, 3.8) is 0 Å². The van der Waals surface area contributed by atoms with E-state index in [1.807, 2.05) is 24.3 Å². The SMILES string of the molecule is CC(=O)N1CCc2c(sc(NC(=O)c3ccc(S(=O)(=O)N4CCCc5ccccc54)cc3)c2C(=O)N2CCOCC2)C1. The van der Waals surface area contributed by atoms with E-state index >= 15 is 0 Å². The fourth-order valence-electron chi connectivity index (χ4n) is 5.74. The molecule has 0 unspecified atom stereocenters. The number of anilines is 2. The molecule has 2 aromatic carbocycles. The molecule has 1 aromatic heterocycles. The van der Waals surface area contributed by atoms with Gasteiger partial charge in [-0.3, -0.25) is 18.7 Å². The van der Waals surface area contributed by atoms with Gasteiger partial charge in [0.25, 0.3) is 21.8 Å². The number of carbonyl (C=O) groups is 3. The van der Waals surface area contributed by atoms with Gasteiger partial charge >= 0.3 is 0 Å². The Labute approximate surface area is 248 Å². The number of ether oxygens (including phenoxy) is 1. The highest BCUT2D eigenvalue weighted by Gasteiger charge is 2.33. The third-order valence-electron chi connectivity index (χ3n) is 8.01. The van der Waals surface area contributed by atoms with Crippen LogP contribution in [0.25, 0.3) is 0 Å². The van der Waals surface area contributed by atoms with Crippen molar-refractivity contribution in [1.82, 2.24) is 9.80 Å². The predicted molar refractivity (Wildman–Crippen MR) is 160 cm³/mol. The molecule has 3 aromatic rings. The summed E-state index contributed by atoms with van der Waals surface area (Å²) in [5.74, 6) is -0.644. The lowest BCUT2D eigenvalue weighted by Gasteiger charge is -2.30. The number of nitrogens with zero attached hydrogens (tertiary/aromatic N) is 3. The Morgan fingerprint density at radius 1 is 0.905 bits per heavy atom. The van der Waals surface area contributed by atoms with Gasteiger partial charge in [0.05, 0.1) is 35.9 Å². The normalized spacial score (nSPS) is 16.9. The summed E-state index contributed by atoms with van der Waals surface area (Å²) < 4.78 is 33.9. The number of para-hydroxylation sites is 1. The van der Waals surface area contributed by atoms with Crippen LogP contribution in [0.3, 0.4) is 0 Å². The van der Waals surface area contributed by atoms with E-state index in [-0.39, 0.29) is 22.3 Å². The highest BCUT2D eigenvalue weighted by Crippen LogP contribution is 2.38. The highest BCUT2D eigenvalue weighted by molar-refractivity contribution is 7.92. The van der Waals surface area contributed by atoms with Gasteiger partial charge in [-0.1, -0.05) is 18.2 Å². The lowest BCUT2D eigenvalue weighted by molar-refractivity contribution is -0.129. The van der Waals surface area contributed by atoms with E-state index < -0.39 is 15.9 Å². The van der Waals surface area contributed by atoms with Crippen LogP contribution in [0.1, 0.15) is 50.1 Å². The lowest BCUT2D eigenvalue weighted by Crippen LogP contribution is -2.41. The number of amides is 3. The zero-order chi connectivity index (χ0) is 29.4. The van der Waals surface area contributed by atoms with Crippen molar-refractivity contribution in [3.05, 3.63) is 75.7 Å². The minimum atomic E-state index is -3.81. The van der Waals surface area contributed by atoms with Gasteiger partial charge in [0.2, 0.25) is 5.91 Å². The van der Waals surface area contributed by atoms with Gasteiger partial charge in [0, 0.05) is 43.5 Å². The molecule has 0 bridgehead atoms. The van der Waals surface area contributed by atoms with Crippen LogP contribution in [0.15, 0.2) is 53.4 Å². The number of rotatable bonds is 5. The number of carbonyl (C=O) groups excluding carboxylic acids is 3. The average Bonchev–Trinajstić information content (AvgIpc) is 3.37. The quantitative estimate of drug-likeness (QED) is 0.474. The van der Waals surface area contributed by atoms with Gasteiger partial charge in [0.15, 0.2) is 0 Å². The third-order valence-corrected chi connectivity index (χ3v) is 11.0. The Hall–Kier alpha value is -3.74. The number of benzene rings is 2. The molecule has 1 saturated heterocycles. The Balaban J connectivity index is 1.26. The van der Waals surface area contributed by atoms with Crippen LogP contribution in [0.4, 0.5) is 10.7 Å². The van der Waals surface area contributed by atoms with Crippen LogP contribution >= 0.6 is 11.3 Å². The maximum atomic E-state index is 13.7. The first-order valence-corrected chi connectivity index (χ1v) is 16.3. The lowest BCUT2D eigenvalue weighted by atomic mass is 10.0. The molecular weight excluding hydrogens is 576 g/mol. The van der Waals surface area contributed by atoms with Crippen molar-refractivity contribution >= 4 is 49.8 Å². The number of fused-ring (bicyclic) bond motifs is 2. The average molecular weight is 609 g/mol. The summed E-state index contributed by atoms with van der Waals surface area (Å²) in [6.45, 7) is 4.66. The van der Waals surface area contributed by atoms with E-state index in [1.165, 1.54) is 46.8 Å². The van der Waals surface area contributed by atoms with Crippen molar-refractivity contribution in [2.45, 2.75) is 37.6 Å². The molecule has 10 nitrogen and oxygen atoms in total. The van der Waals surface area contributed by atoms with E-state index in [0.29, 0.717) is 68.6 Å². The zero-order valence-electron chi connectivity index (χ0n) is 23.3. The second-order valence-electron chi connectivity index (χ2n) is 10.6. The number of hydrogen-bond acceptors (Lipinski definition) is 7. The topological polar surface area (TPSA) is 116 Å². The summed E-state index contributed by atoms with van der Waals surface area (Å²) in [5, 5.41) is 3.36. The van der Waals surface area contributed by atoms with Crippen molar-refractivity contribution in [1.29, 1.82) is 0 Å². The molecule has 6 rings (SSSR count). The number of nitrogens with one attached hydrogen (secondary N) is 1. The fourth-order valence-corrected chi connectivity index (χ4v) is 8.53. The molecule has 4 heterocycles. The second-order valence-corrected chi connectivity index (χ2v) is 13.6. The van der Waals surface area contributed by atoms with Gasteiger partial charge in [-0.25, -0.2) is 8.42 Å². The molecular formula is C30H32N4O6S2. The van der Waals surface area contributed by atoms with Crippen LogP contribution in [-0.2, 0) is 38.9 Å². The first-order chi connectivity index (χ1) is 20.2. The second kappa shape index (κ2) is 11.5. The monoisotopic (exact) mass is 608 g/mol. The first-order valence-electron chi connectivity index (χ1n) is 14.0. The van der Waals surface area contributed by atoms with Gasteiger partial charge in [-0.2, -0.15) is 0 Å². The maximum absolute atomic E-state index is 13.7. The summed E-state index contributed by atoms with van der Waals surface area (Å²) in [6, 6.07) is 13.4. The Morgan fingerprint density at radius 2 is 1.64 bits per heavy atom. The number of aryl methyl sites for hydroxylation is 1. The molecule has 0 aliphatic carbocycles. The maximum Gasteiger partial charge on any atom is 0.264 e. The van der Waals surface area contributed by atoms with E-state index in [9.17, 15) is 22.8 Å². The number of thiophene rings is 1. The molecule has 220 valence electrons. The van der Waals surface area contributed by atoms with E-state index in [4.69, 9.17) is 4.74 Å². The van der Waals surface area contributed by atoms with E-state index in [0.717, 1.165) is 28.8 Å². The van der Waals surface area contributed by atoms with E-state index in [1.54, 1.807) is 9.80 Å². The molecule has 1 N–H and O–H groups in total. The van der Waals surface area contributed by atoms with Crippen molar-refractivity contribution in [2.75, 3.05) is 49.0 Å². The minimum Gasteiger partial charge on any atom is -0.378 e. The zero-order valence-corrected chi connectivity index (χ0v) is 24.9. The van der Waals surface area contributed by atoms with Crippen LogP contribution in [0.2, 0.25) is 0 Å². The van der Waals surface area contributed by atoms with Crippen LogP contribution < -0.4 is 9.62 Å².